The van der Waals surface area contributed by atoms with Gasteiger partial charge in [-0.05, 0) is 61.6 Å². The first kappa shape index (κ1) is 18.0. The van der Waals surface area contributed by atoms with Crippen LogP contribution in [0.15, 0.2) is 47.4 Å². The second-order valence-electron chi connectivity index (χ2n) is 5.02. The molecule has 122 valence electrons. The topological polar surface area (TPSA) is 24.1 Å². The fourth-order valence-electron chi connectivity index (χ4n) is 1.85. The van der Waals surface area contributed by atoms with Crippen LogP contribution in [-0.4, -0.2) is 17.4 Å². The molecule has 0 unspecified atom stereocenters. The van der Waals surface area contributed by atoms with Crippen molar-refractivity contribution in [1.29, 1.82) is 0 Å². The molecule has 0 atom stereocenters. The molecule has 2 N–H and O–H groups in total. The van der Waals surface area contributed by atoms with E-state index in [-0.39, 0.29) is 5.02 Å². The number of hydrogen-bond acceptors (Lipinski definition) is 2. The molecule has 0 amide bonds. The van der Waals surface area contributed by atoms with Crippen molar-refractivity contribution in [2.24, 2.45) is 0 Å². The van der Waals surface area contributed by atoms with Crippen molar-refractivity contribution >= 4 is 46.4 Å². The molecule has 0 fully saturated rings. The molecule has 2 nitrogen and oxygen atoms in total. The number of hydrogen-bond donors (Lipinski definition) is 2. The molecule has 0 aliphatic heterocycles. The van der Waals surface area contributed by atoms with Crippen LogP contribution < -0.4 is 10.6 Å². The van der Waals surface area contributed by atoms with Gasteiger partial charge < -0.3 is 10.6 Å². The highest BCUT2D eigenvalue weighted by Crippen LogP contribution is 2.20. The first-order valence-electron chi connectivity index (χ1n) is 7.24. The fourth-order valence-corrected chi connectivity index (χ4v) is 3.10. The number of aryl methyl sites for hydroxylation is 1. The highest BCUT2D eigenvalue weighted by atomic mass is 35.5. The third-order valence-corrected chi connectivity index (χ3v) is 4.71. The summed E-state index contributed by atoms with van der Waals surface area (Å²) >= 11 is 12.8. The zero-order chi connectivity index (χ0) is 16.7. The lowest BCUT2D eigenvalue weighted by molar-refractivity contribution is 0.628. The predicted molar refractivity (Wildman–Crippen MR) is 102 cm³/mol. The van der Waals surface area contributed by atoms with E-state index in [4.69, 9.17) is 23.8 Å². The summed E-state index contributed by atoms with van der Waals surface area (Å²) in [4.78, 5) is 1.28. The van der Waals surface area contributed by atoms with Crippen LogP contribution in [0.3, 0.4) is 0 Å². The molecule has 6 heteroatoms. The first-order chi connectivity index (χ1) is 11.0. The van der Waals surface area contributed by atoms with Crippen molar-refractivity contribution in [1.82, 2.24) is 5.32 Å². The number of benzene rings is 2. The van der Waals surface area contributed by atoms with Crippen LogP contribution in [0.25, 0.3) is 0 Å². The summed E-state index contributed by atoms with van der Waals surface area (Å²) in [5.41, 5.74) is 1.94. The minimum atomic E-state index is -0.441. The smallest absolute Gasteiger partial charge is 0.170 e. The molecule has 0 saturated carbocycles. The van der Waals surface area contributed by atoms with Crippen LogP contribution in [0.1, 0.15) is 12.0 Å². The molecule has 0 aliphatic rings. The van der Waals surface area contributed by atoms with Gasteiger partial charge >= 0.3 is 0 Å². The van der Waals surface area contributed by atoms with Gasteiger partial charge in [0.05, 0.1) is 5.02 Å². The van der Waals surface area contributed by atoms with Crippen molar-refractivity contribution in [3.8, 4) is 0 Å². The van der Waals surface area contributed by atoms with E-state index in [9.17, 15) is 4.39 Å². The van der Waals surface area contributed by atoms with Gasteiger partial charge in [-0.15, -0.1) is 11.8 Å². The average Bonchev–Trinajstić information content (AvgIpc) is 2.52. The van der Waals surface area contributed by atoms with E-state index in [2.05, 4.69) is 41.8 Å². The summed E-state index contributed by atoms with van der Waals surface area (Å²) in [5, 5.41) is 6.70. The maximum absolute atomic E-state index is 13.1. The summed E-state index contributed by atoms with van der Waals surface area (Å²) in [5.74, 6) is 0.574. The third-order valence-electron chi connectivity index (χ3n) is 3.07. The SMILES string of the molecule is Cc1ccc(SCCCNC(=S)Nc2ccc(F)c(Cl)c2)cc1. The van der Waals surface area contributed by atoms with E-state index in [1.165, 1.54) is 22.6 Å². The number of nitrogens with one attached hydrogen (secondary N) is 2. The lowest BCUT2D eigenvalue weighted by Crippen LogP contribution is -2.29. The van der Waals surface area contributed by atoms with Gasteiger partial charge in [-0.3, -0.25) is 0 Å². The summed E-state index contributed by atoms with van der Waals surface area (Å²) in [6.07, 6.45) is 0.991. The Bertz CT molecular complexity index is 662. The molecular formula is C17H18ClFN2S2. The normalized spacial score (nSPS) is 10.4. The number of anilines is 1. The lowest BCUT2D eigenvalue weighted by Gasteiger charge is -2.11. The second-order valence-corrected chi connectivity index (χ2v) is 7.01. The molecule has 23 heavy (non-hydrogen) atoms. The Balaban J connectivity index is 1.64. The average molecular weight is 369 g/mol. The van der Waals surface area contributed by atoms with Crippen LogP contribution >= 0.6 is 35.6 Å². The number of thioether (sulfide) groups is 1. The van der Waals surface area contributed by atoms with Crippen LogP contribution in [0.5, 0.6) is 0 Å². The highest BCUT2D eigenvalue weighted by molar-refractivity contribution is 7.99. The maximum atomic E-state index is 13.1. The number of thiocarbonyl (C=S) groups is 1. The molecule has 0 aliphatic carbocycles. The van der Waals surface area contributed by atoms with E-state index < -0.39 is 5.82 Å². The molecule has 0 bridgehead atoms. The summed E-state index contributed by atoms with van der Waals surface area (Å²) in [6.45, 7) is 2.86. The van der Waals surface area contributed by atoms with Crippen molar-refractivity contribution in [3.05, 3.63) is 58.9 Å². The van der Waals surface area contributed by atoms with E-state index in [1.807, 2.05) is 11.8 Å². The van der Waals surface area contributed by atoms with Gasteiger partial charge in [0, 0.05) is 17.1 Å². The molecule has 0 radical (unpaired) electrons. The largest absolute Gasteiger partial charge is 0.362 e. The lowest BCUT2D eigenvalue weighted by atomic mass is 10.2. The Morgan fingerprint density at radius 1 is 1.22 bits per heavy atom. The van der Waals surface area contributed by atoms with Crippen molar-refractivity contribution in [3.63, 3.8) is 0 Å². The second kappa shape index (κ2) is 9.11. The quantitative estimate of drug-likeness (QED) is 0.413. The molecular weight excluding hydrogens is 351 g/mol. The number of halogens is 2. The van der Waals surface area contributed by atoms with Crippen LogP contribution in [0, 0.1) is 12.7 Å². The summed E-state index contributed by atoms with van der Waals surface area (Å²) in [7, 11) is 0. The van der Waals surface area contributed by atoms with E-state index in [0.29, 0.717) is 10.8 Å². The zero-order valence-corrected chi connectivity index (χ0v) is 15.1. The standard InChI is InChI=1S/C17H18ClFN2S2/c1-12-3-6-14(7-4-12)23-10-2-9-20-17(22)21-13-5-8-16(19)15(18)11-13/h3-8,11H,2,9-10H2,1H3,(H2,20,21,22). The monoisotopic (exact) mass is 368 g/mol. The summed E-state index contributed by atoms with van der Waals surface area (Å²) in [6, 6.07) is 12.9. The molecule has 0 aromatic heterocycles. The maximum Gasteiger partial charge on any atom is 0.170 e. The molecule has 0 heterocycles. The van der Waals surface area contributed by atoms with Crippen molar-refractivity contribution in [2.45, 2.75) is 18.2 Å². The van der Waals surface area contributed by atoms with Crippen molar-refractivity contribution in [2.75, 3.05) is 17.6 Å². The van der Waals surface area contributed by atoms with Crippen LogP contribution in [-0.2, 0) is 0 Å². The minimum Gasteiger partial charge on any atom is -0.362 e. The van der Waals surface area contributed by atoms with Crippen molar-refractivity contribution < 1.29 is 4.39 Å². The van der Waals surface area contributed by atoms with Gasteiger partial charge in [-0.1, -0.05) is 29.3 Å². The Labute approximate surface area is 150 Å². The zero-order valence-electron chi connectivity index (χ0n) is 12.7. The first-order valence-corrected chi connectivity index (χ1v) is 9.01. The molecule has 2 aromatic carbocycles. The number of rotatable bonds is 6. The van der Waals surface area contributed by atoms with Gasteiger partial charge in [0.2, 0.25) is 0 Å². The van der Waals surface area contributed by atoms with Gasteiger partial charge in [-0.25, -0.2) is 4.39 Å². The fraction of sp³-hybridized carbons (Fsp3) is 0.235. The van der Waals surface area contributed by atoms with Crippen LogP contribution in [0.2, 0.25) is 5.02 Å². The van der Waals surface area contributed by atoms with Gasteiger partial charge in [-0.2, -0.15) is 0 Å². The Hall–Kier alpha value is -1.30. The molecule has 2 aromatic rings. The van der Waals surface area contributed by atoms with Gasteiger partial charge in [0.1, 0.15) is 5.82 Å². The Morgan fingerprint density at radius 2 is 1.96 bits per heavy atom. The van der Waals surface area contributed by atoms with Gasteiger partial charge in [0.25, 0.3) is 0 Å². The van der Waals surface area contributed by atoms with E-state index in [0.717, 1.165) is 18.7 Å². The molecule has 2 rings (SSSR count). The summed E-state index contributed by atoms with van der Waals surface area (Å²) < 4.78 is 13.1. The highest BCUT2D eigenvalue weighted by Gasteiger charge is 2.02. The Morgan fingerprint density at radius 3 is 2.65 bits per heavy atom. The van der Waals surface area contributed by atoms with Gasteiger partial charge in [0.15, 0.2) is 5.11 Å². The third kappa shape index (κ3) is 6.37. The predicted octanol–water partition coefficient (Wildman–Crippen LogP) is 5.26. The van der Waals surface area contributed by atoms with Crippen LogP contribution in [0.4, 0.5) is 10.1 Å². The van der Waals surface area contributed by atoms with E-state index in [1.54, 1.807) is 6.07 Å². The molecule has 0 spiro atoms. The van der Waals surface area contributed by atoms with E-state index >= 15 is 0 Å². The Kier molecular flexibility index (Phi) is 7.15. The minimum absolute atomic E-state index is 0.0762. The molecule has 0 saturated heterocycles.